The molecule has 32 heavy (non-hydrogen) atoms. The molecule has 2 aromatic heterocycles. The van der Waals surface area contributed by atoms with E-state index in [1.807, 2.05) is 59.4 Å². The number of hydrogen-bond donors (Lipinski definition) is 0. The van der Waals surface area contributed by atoms with Gasteiger partial charge in [0.2, 0.25) is 5.89 Å². The Kier molecular flexibility index (Phi) is 7.31. The number of oxazole rings is 1. The normalized spacial score (nSPS) is 11.2. The van der Waals surface area contributed by atoms with Crippen LogP contribution in [0.2, 0.25) is 0 Å². The van der Waals surface area contributed by atoms with Crippen LogP contribution in [0.25, 0.3) is 12.2 Å². The standard InChI is InChI=1S/C25H26N4O3/c1-30-23-10-5-21(6-11-23)9-14-25-27-22(19-32-25)18-31-24-12-7-20(8-13-24)4-2-3-16-29-17-15-26-28-29/h5-15,17,19H,2-4,16,18H2,1H3/b14-9+. The monoisotopic (exact) mass is 430 g/mol. The summed E-state index contributed by atoms with van der Waals surface area (Å²) in [7, 11) is 1.65. The minimum atomic E-state index is 0.358. The zero-order valence-electron chi connectivity index (χ0n) is 18.1. The third-order valence-corrected chi connectivity index (χ3v) is 4.99. The molecule has 7 nitrogen and oxygen atoms in total. The van der Waals surface area contributed by atoms with Crippen molar-refractivity contribution >= 4 is 12.2 Å². The Morgan fingerprint density at radius 1 is 0.969 bits per heavy atom. The Hall–Kier alpha value is -3.87. The lowest BCUT2D eigenvalue weighted by Gasteiger charge is -2.06. The van der Waals surface area contributed by atoms with Crippen molar-refractivity contribution in [1.82, 2.24) is 20.0 Å². The Morgan fingerprint density at radius 3 is 2.53 bits per heavy atom. The van der Waals surface area contributed by atoms with Crippen molar-refractivity contribution in [3.63, 3.8) is 0 Å². The summed E-state index contributed by atoms with van der Waals surface area (Å²) in [5.41, 5.74) is 3.08. The van der Waals surface area contributed by atoms with E-state index in [-0.39, 0.29) is 0 Å². The number of nitrogens with zero attached hydrogens (tertiary/aromatic N) is 4. The smallest absolute Gasteiger partial charge is 0.218 e. The van der Waals surface area contributed by atoms with Gasteiger partial charge in [0, 0.05) is 18.8 Å². The summed E-state index contributed by atoms with van der Waals surface area (Å²) >= 11 is 0. The molecule has 0 fully saturated rings. The largest absolute Gasteiger partial charge is 0.497 e. The van der Waals surface area contributed by atoms with Crippen LogP contribution in [0.5, 0.6) is 11.5 Å². The zero-order chi connectivity index (χ0) is 22.0. The van der Waals surface area contributed by atoms with E-state index in [2.05, 4.69) is 27.4 Å². The molecule has 0 radical (unpaired) electrons. The molecule has 0 N–H and O–H groups in total. The number of aryl methyl sites for hydroxylation is 2. The van der Waals surface area contributed by atoms with E-state index < -0.39 is 0 Å². The van der Waals surface area contributed by atoms with Crippen LogP contribution < -0.4 is 9.47 Å². The van der Waals surface area contributed by atoms with Crippen LogP contribution in [-0.2, 0) is 19.6 Å². The molecule has 0 bridgehead atoms. The Balaban J connectivity index is 1.20. The second-order valence-electron chi connectivity index (χ2n) is 7.34. The van der Waals surface area contributed by atoms with Gasteiger partial charge in [-0.05, 0) is 60.7 Å². The van der Waals surface area contributed by atoms with Crippen LogP contribution in [0.1, 0.15) is 35.6 Å². The van der Waals surface area contributed by atoms with Crippen molar-refractivity contribution in [3.05, 3.63) is 89.9 Å². The zero-order valence-corrected chi connectivity index (χ0v) is 18.1. The van der Waals surface area contributed by atoms with Gasteiger partial charge in [0.25, 0.3) is 0 Å². The van der Waals surface area contributed by atoms with Gasteiger partial charge < -0.3 is 13.9 Å². The van der Waals surface area contributed by atoms with Gasteiger partial charge in [0.05, 0.1) is 13.3 Å². The molecule has 4 aromatic rings. The average molecular weight is 431 g/mol. The molecule has 0 atom stereocenters. The number of ether oxygens (including phenoxy) is 2. The summed E-state index contributed by atoms with van der Waals surface area (Å²) in [6, 6.07) is 16.0. The highest BCUT2D eigenvalue weighted by molar-refractivity contribution is 5.66. The van der Waals surface area contributed by atoms with Crippen molar-refractivity contribution in [2.45, 2.75) is 32.4 Å². The van der Waals surface area contributed by atoms with Crippen molar-refractivity contribution < 1.29 is 13.9 Å². The molecule has 2 aromatic carbocycles. The fourth-order valence-electron chi connectivity index (χ4n) is 3.21. The first-order valence-electron chi connectivity index (χ1n) is 10.6. The predicted molar refractivity (Wildman–Crippen MR) is 122 cm³/mol. The SMILES string of the molecule is COc1ccc(/C=C/c2nc(COc3ccc(CCCCn4ccnn4)cc3)co2)cc1. The van der Waals surface area contributed by atoms with E-state index in [1.54, 1.807) is 19.6 Å². The highest BCUT2D eigenvalue weighted by Gasteiger charge is 2.03. The molecule has 0 aliphatic heterocycles. The number of unbranched alkanes of at least 4 members (excludes halogenated alkanes) is 1. The van der Waals surface area contributed by atoms with Gasteiger partial charge in [0.15, 0.2) is 0 Å². The highest BCUT2D eigenvalue weighted by atomic mass is 16.5. The van der Waals surface area contributed by atoms with Crippen LogP contribution >= 0.6 is 0 Å². The van der Waals surface area contributed by atoms with Crippen molar-refractivity contribution in [1.29, 1.82) is 0 Å². The van der Waals surface area contributed by atoms with Gasteiger partial charge >= 0.3 is 0 Å². The Bertz CT molecular complexity index is 1100. The van der Waals surface area contributed by atoms with Crippen LogP contribution in [0.4, 0.5) is 0 Å². The summed E-state index contributed by atoms with van der Waals surface area (Å²) in [5, 5.41) is 7.80. The van der Waals surface area contributed by atoms with E-state index in [0.29, 0.717) is 12.5 Å². The lowest BCUT2D eigenvalue weighted by Crippen LogP contribution is -1.99. The first-order chi connectivity index (χ1) is 15.8. The van der Waals surface area contributed by atoms with Crippen molar-refractivity contribution in [2.75, 3.05) is 7.11 Å². The molecule has 0 saturated carbocycles. The number of methoxy groups -OCH3 is 1. The minimum absolute atomic E-state index is 0.358. The molecule has 0 saturated heterocycles. The molecule has 0 spiro atoms. The number of benzene rings is 2. The second-order valence-corrected chi connectivity index (χ2v) is 7.34. The maximum atomic E-state index is 5.84. The van der Waals surface area contributed by atoms with Crippen LogP contribution in [0, 0.1) is 0 Å². The maximum Gasteiger partial charge on any atom is 0.218 e. The van der Waals surface area contributed by atoms with E-state index in [1.165, 1.54) is 5.56 Å². The summed E-state index contributed by atoms with van der Waals surface area (Å²) in [4.78, 5) is 4.45. The van der Waals surface area contributed by atoms with Gasteiger partial charge in [-0.25, -0.2) is 4.98 Å². The summed E-state index contributed by atoms with van der Waals surface area (Å²) in [6.07, 6.45) is 12.2. The van der Waals surface area contributed by atoms with E-state index in [4.69, 9.17) is 13.9 Å². The van der Waals surface area contributed by atoms with Crippen LogP contribution in [-0.4, -0.2) is 27.1 Å². The van der Waals surface area contributed by atoms with Gasteiger partial charge in [-0.1, -0.05) is 29.5 Å². The maximum absolute atomic E-state index is 5.84. The third kappa shape index (κ3) is 6.31. The molecule has 2 heterocycles. The molecule has 0 unspecified atom stereocenters. The molecular weight excluding hydrogens is 404 g/mol. The quantitative estimate of drug-likeness (QED) is 0.310. The van der Waals surface area contributed by atoms with Crippen LogP contribution in [0.3, 0.4) is 0 Å². The van der Waals surface area contributed by atoms with E-state index in [0.717, 1.165) is 48.6 Å². The lowest BCUT2D eigenvalue weighted by atomic mass is 10.1. The average Bonchev–Trinajstić information content (AvgIpc) is 3.52. The third-order valence-electron chi connectivity index (χ3n) is 4.99. The lowest BCUT2D eigenvalue weighted by molar-refractivity contribution is 0.301. The fourth-order valence-corrected chi connectivity index (χ4v) is 3.21. The highest BCUT2D eigenvalue weighted by Crippen LogP contribution is 2.17. The van der Waals surface area contributed by atoms with Gasteiger partial charge in [-0.3, -0.25) is 4.68 Å². The molecule has 7 heteroatoms. The summed E-state index contributed by atoms with van der Waals surface area (Å²) in [5.74, 6) is 2.18. The van der Waals surface area contributed by atoms with Crippen LogP contribution in [0.15, 0.2) is 71.6 Å². The second kappa shape index (κ2) is 10.9. The van der Waals surface area contributed by atoms with Crippen molar-refractivity contribution in [2.24, 2.45) is 0 Å². The molecule has 4 rings (SSSR count). The van der Waals surface area contributed by atoms with E-state index >= 15 is 0 Å². The van der Waals surface area contributed by atoms with Gasteiger partial charge in [-0.15, -0.1) is 5.10 Å². The van der Waals surface area contributed by atoms with Crippen molar-refractivity contribution in [3.8, 4) is 11.5 Å². The van der Waals surface area contributed by atoms with Gasteiger partial charge in [0.1, 0.15) is 30.1 Å². The number of hydrogen-bond acceptors (Lipinski definition) is 6. The molecular formula is C25H26N4O3. The Labute approximate surface area is 187 Å². The van der Waals surface area contributed by atoms with Gasteiger partial charge in [-0.2, -0.15) is 0 Å². The Morgan fingerprint density at radius 2 is 1.78 bits per heavy atom. The fraction of sp³-hybridized carbons (Fsp3) is 0.240. The molecule has 164 valence electrons. The first kappa shape index (κ1) is 21.4. The molecule has 0 amide bonds. The summed E-state index contributed by atoms with van der Waals surface area (Å²) < 4.78 is 18.4. The first-order valence-corrected chi connectivity index (χ1v) is 10.6. The summed E-state index contributed by atoms with van der Waals surface area (Å²) in [6.45, 7) is 1.26. The number of rotatable bonds is 11. The predicted octanol–water partition coefficient (Wildman–Crippen LogP) is 5.05. The molecule has 0 aliphatic rings. The molecule has 0 aliphatic carbocycles. The number of aromatic nitrogens is 4. The topological polar surface area (TPSA) is 75.2 Å². The minimum Gasteiger partial charge on any atom is -0.497 e. The van der Waals surface area contributed by atoms with E-state index in [9.17, 15) is 0 Å².